The predicted molar refractivity (Wildman–Crippen MR) is 62.2 cm³/mol. The van der Waals surface area contributed by atoms with Crippen LogP contribution in [-0.2, 0) is 4.79 Å². The van der Waals surface area contributed by atoms with Crippen LogP contribution in [0, 0.1) is 11.3 Å². The topological polar surface area (TPSA) is 40.9 Å². The van der Waals surface area contributed by atoms with Gasteiger partial charge in [0.1, 0.15) is 11.4 Å². The molecule has 0 fully saturated rings. The molecule has 0 amide bonds. The van der Waals surface area contributed by atoms with E-state index in [4.69, 9.17) is 16.9 Å². The zero-order chi connectivity index (χ0) is 11.4. The molecular formula is C11H10ClNOS. The minimum absolute atomic E-state index is 0.147. The molecule has 1 aromatic carbocycles. The second-order valence-corrected chi connectivity index (χ2v) is 4.29. The molecule has 78 valence electrons. The van der Waals surface area contributed by atoms with Crippen molar-refractivity contribution >= 4 is 29.1 Å². The van der Waals surface area contributed by atoms with Crippen molar-refractivity contribution in [3.8, 4) is 6.07 Å². The maximum atomic E-state index is 11.2. The van der Waals surface area contributed by atoms with Crippen LogP contribution in [0.2, 0.25) is 0 Å². The largest absolute Gasteiger partial charge is 0.298 e. The van der Waals surface area contributed by atoms with Crippen molar-refractivity contribution in [3.05, 3.63) is 29.3 Å². The van der Waals surface area contributed by atoms with E-state index < -0.39 is 5.38 Å². The van der Waals surface area contributed by atoms with Gasteiger partial charge in [-0.2, -0.15) is 5.26 Å². The van der Waals surface area contributed by atoms with Crippen LogP contribution >= 0.6 is 23.4 Å². The van der Waals surface area contributed by atoms with E-state index in [-0.39, 0.29) is 5.78 Å². The lowest BCUT2D eigenvalue weighted by atomic mass is 10.0. The molecule has 15 heavy (non-hydrogen) atoms. The second kappa shape index (κ2) is 5.20. The molecular weight excluding hydrogens is 230 g/mol. The highest BCUT2D eigenvalue weighted by Crippen LogP contribution is 2.30. The van der Waals surface area contributed by atoms with Crippen LogP contribution in [0.1, 0.15) is 23.4 Å². The molecule has 0 bridgehead atoms. The first kappa shape index (κ1) is 12.1. The lowest BCUT2D eigenvalue weighted by Crippen LogP contribution is -2.04. The number of carbonyl (C=O) groups is 1. The van der Waals surface area contributed by atoms with Crippen LogP contribution in [0.4, 0.5) is 0 Å². The highest BCUT2D eigenvalue weighted by atomic mass is 35.5. The molecule has 4 heteroatoms. The third-order valence-electron chi connectivity index (χ3n) is 2.02. The minimum Gasteiger partial charge on any atom is -0.298 e. The number of benzene rings is 1. The first-order valence-corrected chi connectivity index (χ1v) is 5.99. The summed E-state index contributed by atoms with van der Waals surface area (Å²) >= 11 is 7.41. The van der Waals surface area contributed by atoms with Gasteiger partial charge in [-0.1, -0.05) is 12.1 Å². The number of nitriles is 1. The van der Waals surface area contributed by atoms with Crippen LogP contribution in [0.15, 0.2) is 23.1 Å². The molecule has 0 N–H and O–H groups in total. The van der Waals surface area contributed by atoms with E-state index >= 15 is 0 Å². The van der Waals surface area contributed by atoms with Crippen LogP contribution in [0.3, 0.4) is 0 Å². The summed E-state index contributed by atoms with van der Waals surface area (Å²) in [6, 6.07) is 7.46. The fourth-order valence-corrected chi connectivity index (χ4v) is 2.03. The van der Waals surface area contributed by atoms with Crippen LogP contribution in [-0.4, -0.2) is 12.0 Å². The fraction of sp³-hybridized carbons (Fsp3) is 0.273. The first-order chi connectivity index (χ1) is 7.11. The van der Waals surface area contributed by atoms with Gasteiger partial charge in [-0.3, -0.25) is 4.79 Å². The van der Waals surface area contributed by atoms with Crippen molar-refractivity contribution in [1.29, 1.82) is 5.26 Å². The summed E-state index contributed by atoms with van der Waals surface area (Å²) in [6.45, 7) is 1.42. The lowest BCUT2D eigenvalue weighted by molar-refractivity contribution is -0.116. The fourth-order valence-electron chi connectivity index (χ4n) is 1.27. The van der Waals surface area contributed by atoms with E-state index in [0.717, 1.165) is 4.90 Å². The zero-order valence-electron chi connectivity index (χ0n) is 8.45. The second-order valence-electron chi connectivity index (χ2n) is 3.01. The number of ketones is 1. The van der Waals surface area contributed by atoms with Crippen molar-refractivity contribution < 1.29 is 4.79 Å². The summed E-state index contributed by atoms with van der Waals surface area (Å²) in [5.74, 6) is -0.147. The van der Waals surface area contributed by atoms with Gasteiger partial charge in [0.05, 0.1) is 5.56 Å². The average Bonchev–Trinajstić information content (AvgIpc) is 2.26. The number of hydrogen-bond donors (Lipinski definition) is 0. The molecule has 0 aliphatic carbocycles. The van der Waals surface area contributed by atoms with Crippen LogP contribution in [0.5, 0.6) is 0 Å². The Hall–Kier alpha value is -0.980. The zero-order valence-corrected chi connectivity index (χ0v) is 10.0. The number of hydrogen-bond acceptors (Lipinski definition) is 3. The van der Waals surface area contributed by atoms with Crippen molar-refractivity contribution in [2.24, 2.45) is 0 Å². The molecule has 0 aliphatic rings. The molecule has 0 aliphatic heterocycles. The van der Waals surface area contributed by atoms with Crippen LogP contribution in [0.25, 0.3) is 0 Å². The molecule has 0 heterocycles. The number of carbonyl (C=O) groups excluding carboxylic acids is 1. The van der Waals surface area contributed by atoms with Crippen molar-refractivity contribution in [1.82, 2.24) is 0 Å². The molecule has 0 saturated heterocycles. The lowest BCUT2D eigenvalue weighted by Gasteiger charge is -2.10. The first-order valence-electron chi connectivity index (χ1n) is 4.33. The smallest absolute Gasteiger partial charge is 0.152 e. The Morgan fingerprint density at radius 3 is 2.73 bits per heavy atom. The maximum absolute atomic E-state index is 11.2. The number of halogens is 1. The van der Waals surface area contributed by atoms with E-state index in [1.165, 1.54) is 18.7 Å². The molecule has 0 spiro atoms. The molecule has 2 nitrogen and oxygen atoms in total. The number of rotatable bonds is 3. The van der Waals surface area contributed by atoms with E-state index in [9.17, 15) is 4.79 Å². The van der Waals surface area contributed by atoms with E-state index in [1.54, 1.807) is 12.1 Å². The van der Waals surface area contributed by atoms with Crippen molar-refractivity contribution in [2.45, 2.75) is 17.2 Å². The van der Waals surface area contributed by atoms with E-state index in [0.29, 0.717) is 11.1 Å². The van der Waals surface area contributed by atoms with Gasteiger partial charge in [0.15, 0.2) is 5.78 Å². The summed E-state index contributed by atoms with van der Waals surface area (Å²) in [5.41, 5.74) is 1.10. The van der Waals surface area contributed by atoms with Crippen LogP contribution < -0.4 is 0 Å². The average molecular weight is 240 g/mol. The van der Waals surface area contributed by atoms with E-state index in [1.807, 2.05) is 12.3 Å². The van der Waals surface area contributed by atoms with Gasteiger partial charge in [-0.25, -0.2) is 0 Å². The monoisotopic (exact) mass is 239 g/mol. The molecule has 0 aromatic heterocycles. The molecule has 1 rings (SSSR count). The molecule has 1 aromatic rings. The Morgan fingerprint density at radius 2 is 2.27 bits per heavy atom. The van der Waals surface area contributed by atoms with Crippen molar-refractivity contribution in [2.75, 3.05) is 6.26 Å². The number of thioether (sulfide) groups is 1. The Balaban J connectivity index is 3.30. The standard InChI is InChI=1S/C11H10ClNOS/c1-7(14)11(12)8-4-3-5-10(15-2)9(8)6-13/h3-5,11H,1-2H3. The summed E-state index contributed by atoms with van der Waals surface area (Å²) in [6.07, 6.45) is 1.89. The quantitative estimate of drug-likeness (QED) is 0.601. The number of alkyl halides is 1. The molecule has 0 saturated carbocycles. The summed E-state index contributed by atoms with van der Waals surface area (Å²) in [4.78, 5) is 12.0. The normalized spacial score (nSPS) is 11.9. The number of Topliss-reactive ketones (excluding diaryl/α,β-unsaturated/α-hetero) is 1. The highest BCUT2D eigenvalue weighted by Gasteiger charge is 2.18. The van der Waals surface area contributed by atoms with Gasteiger partial charge >= 0.3 is 0 Å². The Bertz CT molecular complexity index is 425. The Morgan fingerprint density at radius 1 is 1.60 bits per heavy atom. The minimum atomic E-state index is -0.730. The molecule has 1 atom stereocenters. The molecule has 0 radical (unpaired) electrons. The molecule has 1 unspecified atom stereocenters. The summed E-state index contributed by atoms with van der Waals surface area (Å²) in [7, 11) is 0. The Labute approximate surface area is 98.2 Å². The summed E-state index contributed by atoms with van der Waals surface area (Å²) in [5, 5.41) is 8.30. The SMILES string of the molecule is CSc1cccc(C(Cl)C(C)=O)c1C#N. The maximum Gasteiger partial charge on any atom is 0.152 e. The van der Waals surface area contributed by atoms with Crippen molar-refractivity contribution in [3.63, 3.8) is 0 Å². The third-order valence-corrected chi connectivity index (χ3v) is 3.34. The third kappa shape index (κ3) is 2.53. The highest BCUT2D eigenvalue weighted by molar-refractivity contribution is 7.98. The van der Waals surface area contributed by atoms with Gasteiger partial charge in [-0.05, 0) is 24.8 Å². The van der Waals surface area contributed by atoms with Gasteiger partial charge in [-0.15, -0.1) is 23.4 Å². The van der Waals surface area contributed by atoms with Gasteiger partial charge in [0.25, 0.3) is 0 Å². The van der Waals surface area contributed by atoms with Gasteiger partial charge in [0, 0.05) is 4.90 Å². The van der Waals surface area contributed by atoms with Gasteiger partial charge in [0.2, 0.25) is 0 Å². The van der Waals surface area contributed by atoms with E-state index in [2.05, 4.69) is 6.07 Å². The predicted octanol–water partition coefficient (Wildman–Crippen LogP) is 3.15. The summed E-state index contributed by atoms with van der Waals surface area (Å²) < 4.78 is 0. The number of nitrogens with zero attached hydrogens (tertiary/aromatic N) is 1. The van der Waals surface area contributed by atoms with Gasteiger partial charge < -0.3 is 0 Å². The Kier molecular flexibility index (Phi) is 4.19.